The van der Waals surface area contributed by atoms with Crippen molar-refractivity contribution in [2.24, 2.45) is 0 Å². The van der Waals surface area contributed by atoms with Crippen LogP contribution in [0.5, 0.6) is 0 Å². The summed E-state index contributed by atoms with van der Waals surface area (Å²) in [7, 11) is -3.53. The highest BCUT2D eigenvalue weighted by Crippen LogP contribution is 2.13. The molecule has 0 amide bonds. The van der Waals surface area contributed by atoms with E-state index in [1.807, 2.05) is 54.9 Å². The Morgan fingerprint density at radius 2 is 1.91 bits per heavy atom. The first-order valence-electron chi connectivity index (χ1n) is 7.51. The standard InChI is InChI=1S/C17H19N3O2S/c1-3-14-6-8-16(9-7-14)23(21,22)18-11-15-12-20-10-4-5-13(2)17(20)19-15/h4-10,12,18H,3,11H2,1-2H3. The first kappa shape index (κ1) is 15.7. The Kier molecular flexibility index (Phi) is 4.19. The van der Waals surface area contributed by atoms with Gasteiger partial charge in [0.25, 0.3) is 0 Å². The largest absolute Gasteiger partial charge is 0.307 e. The zero-order valence-electron chi connectivity index (χ0n) is 13.2. The van der Waals surface area contributed by atoms with Crippen molar-refractivity contribution < 1.29 is 8.42 Å². The molecule has 1 aromatic carbocycles. The van der Waals surface area contributed by atoms with Gasteiger partial charge in [0.2, 0.25) is 10.0 Å². The maximum atomic E-state index is 12.3. The second-order valence-electron chi connectivity index (χ2n) is 5.48. The van der Waals surface area contributed by atoms with Crippen molar-refractivity contribution in [1.82, 2.24) is 14.1 Å². The number of aromatic nitrogens is 2. The number of nitrogens with one attached hydrogen (secondary N) is 1. The van der Waals surface area contributed by atoms with Crippen LogP contribution in [-0.2, 0) is 23.0 Å². The molecule has 0 aliphatic rings. The van der Waals surface area contributed by atoms with Crippen molar-refractivity contribution in [3.63, 3.8) is 0 Å². The van der Waals surface area contributed by atoms with Gasteiger partial charge < -0.3 is 4.40 Å². The van der Waals surface area contributed by atoms with Gasteiger partial charge in [0.05, 0.1) is 17.1 Å². The van der Waals surface area contributed by atoms with Gasteiger partial charge in [0.15, 0.2) is 0 Å². The molecular weight excluding hydrogens is 310 g/mol. The van der Waals surface area contributed by atoms with Crippen LogP contribution in [0.25, 0.3) is 5.65 Å². The smallest absolute Gasteiger partial charge is 0.240 e. The zero-order valence-corrected chi connectivity index (χ0v) is 14.0. The van der Waals surface area contributed by atoms with E-state index in [1.165, 1.54) is 0 Å². The third-order valence-corrected chi connectivity index (χ3v) is 5.23. The number of pyridine rings is 1. The highest BCUT2D eigenvalue weighted by atomic mass is 32.2. The Morgan fingerprint density at radius 3 is 2.57 bits per heavy atom. The number of nitrogens with zero attached hydrogens (tertiary/aromatic N) is 2. The number of hydrogen-bond acceptors (Lipinski definition) is 3. The molecule has 0 atom stereocenters. The summed E-state index contributed by atoms with van der Waals surface area (Å²) in [5, 5.41) is 0. The Labute approximate surface area is 136 Å². The second-order valence-corrected chi connectivity index (χ2v) is 7.24. The lowest BCUT2D eigenvalue weighted by Gasteiger charge is -2.06. The van der Waals surface area contributed by atoms with Crippen molar-refractivity contribution in [1.29, 1.82) is 0 Å². The molecule has 5 nitrogen and oxygen atoms in total. The summed E-state index contributed by atoms with van der Waals surface area (Å²) in [5.41, 5.74) is 3.69. The molecule has 0 saturated carbocycles. The number of hydrogen-bond donors (Lipinski definition) is 1. The van der Waals surface area contributed by atoms with Crippen LogP contribution in [0.1, 0.15) is 23.7 Å². The van der Waals surface area contributed by atoms with Gasteiger partial charge in [-0.2, -0.15) is 0 Å². The predicted molar refractivity (Wildman–Crippen MR) is 89.8 cm³/mol. The summed E-state index contributed by atoms with van der Waals surface area (Å²) in [6.45, 7) is 4.18. The lowest BCUT2D eigenvalue weighted by molar-refractivity contribution is 0.580. The van der Waals surface area contributed by atoms with Gasteiger partial charge in [0, 0.05) is 12.4 Å². The van der Waals surface area contributed by atoms with Crippen LogP contribution in [0.2, 0.25) is 0 Å². The summed E-state index contributed by atoms with van der Waals surface area (Å²) in [6, 6.07) is 10.9. The highest BCUT2D eigenvalue weighted by Gasteiger charge is 2.14. The minimum Gasteiger partial charge on any atom is -0.307 e. The van der Waals surface area contributed by atoms with Crippen molar-refractivity contribution in [2.45, 2.75) is 31.7 Å². The van der Waals surface area contributed by atoms with Gasteiger partial charge >= 0.3 is 0 Å². The molecule has 2 heterocycles. The Morgan fingerprint density at radius 1 is 1.17 bits per heavy atom. The monoisotopic (exact) mass is 329 g/mol. The molecule has 3 aromatic rings. The fraction of sp³-hybridized carbons (Fsp3) is 0.235. The van der Waals surface area contributed by atoms with Crippen molar-refractivity contribution in [3.05, 3.63) is 65.6 Å². The molecule has 2 aromatic heterocycles. The van der Waals surface area contributed by atoms with Crippen molar-refractivity contribution in [3.8, 4) is 0 Å². The second kappa shape index (κ2) is 6.14. The van der Waals surface area contributed by atoms with Gasteiger partial charge in [0.1, 0.15) is 5.65 Å². The molecule has 0 saturated heterocycles. The van der Waals surface area contributed by atoms with Crippen LogP contribution in [-0.4, -0.2) is 17.8 Å². The Hall–Kier alpha value is -2.18. The third kappa shape index (κ3) is 3.28. The minimum absolute atomic E-state index is 0.166. The van der Waals surface area contributed by atoms with Gasteiger partial charge in [-0.05, 0) is 42.7 Å². The predicted octanol–water partition coefficient (Wildman–Crippen LogP) is 2.68. The number of imidazole rings is 1. The summed E-state index contributed by atoms with van der Waals surface area (Å²) < 4.78 is 29.2. The van der Waals surface area contributed by atoms with Crippen molar-refractivity contribution >= 4 is 15.7 Å². The number of sulfonamides is 1. The van der Waals surface area contributed by atoms with Gasteiger partial charge in [-0.3, -0.25) is 0 Å². The topological polar surface area (TPSA) is 63.5 Å². The van der Waals surface area contributed by atoms with E-state index in [0.29, 0.717) is 5.69 Å². The Balaban J connectivity index is 1.78. The summed E-state index contributed by atoms with van der Waals surface area (Å²) >= 11 is 0. The van der Waals surface area contributed by atoms with E-state index >= 15 is 0 Å². The molecule has 0 spiro atoms. The van der Waals surface area contributed by atoms with E-state index in [-0.39, 0.29) is 11.4 Å². The summed E-state index contributed by atoms with van der Waals surface area (Å²) in [5.74, 6) is 0. The number of rotatable bonds is 5. The van der Waals surface area contributed by atoms with Crippen LogP contribution in [0.3, 0.4) is 0 Å². The molecule has 0 aliphatic heterocycles. The lowest BCUT2D eigenvalue weighted by Crippen LogP contribution is -2.23. The average Bonchev–Trinajstić information content (AvgIpc) is 2.98. The van der Waals surface area contributed by atoms with Crippen LogP contribution >= 0.6 is 0 Å². The molecule has 0 unspecified atom stereocenters. The van der Waals surface area contributed by atoms with E-state index in [2.05, 4.69) is 9.71 Å². The molecule has 23 heavy (non-hydrogen) atoms. The van der Waals surface area contributed by atoms with Crippen LogP contribution in [0.4, 0.5) is 0 Å². The number of aryl methyl sites for hydroxylation is 2. The van der Waals surface area contributed by atoms with Crippen LogP contribution in [0.15, 0.2) is 53.7 Å². The fourth-order valence-electron chi connectivity index (χ4n) is 2.45. The SMILES string of the molecule is CCc1ccc(S(=O)(=O)NCc2cn3cccc(C)c3n2)cc1. The lowest BCUT2D eigenvalue weighted by atomic mass is 10.2. The molecule has 0 fully saturated rings. The molecule has 0 aliphatic carbocycles. The normalized spacial score (nSPS) is 11.9. The molecule has 1 N–H and O–H groups in total. The van der Waals surface area contributed by atoms with E-state index in [0.717, 1.165) is 23.2 Å². The van der Waals surface area contributed by atoms with E-state index in [9.17, 15) is 8.42 Å². The fourth-order valence-corrected chi connectivity index (χ4v) is 3.45. The molecule has 0 radical (unpaired) electrons. The van der Waals surface area contributed by atoms with E-state index < -0.39 is 10.0 Å². The van der Waals surface area contributed by atoms with Crippen molar-refractivity contribution in [2.75, 3.05) is 0 Å². The third-order valence-electron chi connectivity index (χ3n) is 3.81. The van der Waals surface area contributed by atoms with Crippen LogP contribution in [0, 0.1) is 6.92 Å². The quantitative estimate of drug-likeness (QED) is 0.783. The first-order chi connectivity index (χ1) is 11.0. The number of benzene rings is 1. The highest BCUT2D eigenvalue weighted by molar-refractivity contribution is 7.89. The minimum atomic E-state index is -3.53. The molecular formula is C17H19N3O2S. The maximum absolute atomic E-state index is 12.3. The van der Waals surface area contributed by atoms with Gasteiger partial charge in [-0.25, -0.2) is 18.1 Å². The summed E-state index contributed by atoms with van der Waals surface area (Å²) in [4.78, 5) is 4.75. The van der Waals surface area contributed by atoms with Gasteiger partial charge in [-0.15, -0.1) is 0 Å². The first-order valence-corrected chi connectivity index (χ1v) is 9.00. The summed E-state index contributed by atoms with van der Waals surface area (Å²) in [6.07, 6.45) is 4.62. The molecule has 3 rings (SSSR count). The zero-order chi connectivity index (χ0) is 16.4. The maximum Gasteiger partial charge on any atom is 0.240 e. The molecule has 0 bridgehead atoms. The molecule has 120 valence electrons. The van der Waals surface area contributed by atoms with E-state index in [1.54, 1.807) is 12.1 Å². The van der Waals surface area contributed by atoms with E-state index in [4.69, 9.17) is 0 Å². The van der Waals surface area contributed by atoms with Crippen LogP contribution < -0.4 is 4.72 Å². The van der Waals surface area contributed by atoms with Gasteiger partial charge in [-0.1, -0.05) is 25.1 Å². The Bertz CT molecular complexity index is 928. The number of fused-ring (bicyclic) bond motifs is 1. The molecule has 6 heteroatoms. The average molecular weight is 329 g/mol.